The molecule has 3 aromatic rings. The standard InChI is InChI=1S/C22H23N5O3/c1-29-21(28)18-13-23-14-19(24-18)26-10-8-22(9-11-26)20-16(7-12-30-22)15-27(25-20)17-5-3-2-4-6-17/h2-6,13-15H,7-12H2,1H3. The molecule has 0 amide bonds. The van der Waals surface area contributed by atoms with Crippen molar-refractivity contribution in [3.05, 3.63) is 65.9 Å². The molecule has 30 heavy (non-hydrogen) atoms. The monoisotopic (exact) mass is 405 g/mol. The van der Waals surface area contributed by atoms with Crippen molar-refractivity contribution in [3.63, 3.8) is 0 Å². The number of para-hydroxylation sites is 1. The molecule has 0 aliphatic carbocycles. The van der Waals surface area contributed by atoms with Crippen molar-refractivity contribution in [2.45, 2.75) is 24.9 Å². The molecule has 2 aliphatic rings. The van der Waals surface area contributed by atoms with Crippen LogP contribution in [0, 0.1) is 0 Å². The van der Waals surface area contributed by atoms with Crippen LogP contribution < -0.4 is 4.90 Å². The number of aromatic nitrogens is 4. The van der Waals surface area contributed by atoms with Crippen molar-refractivity contribution in [1.29, 1.82) is 0 Å². The van der Waals surface area contributed by atoms with E-state index in [-0.39, 0.29) is 11.3 Å². The molecule has 0 saturated carbocycles. The van der Waals surface area contributed by atoms with Crippen LogP contribution in [0.15, 0.2) is 48.9 Å². The first-order valence-corrected chi connectivity index (χ1v) is 10.1. The van der Waals surface area contributed by atoms with Gasteiger partial charge in [0.25, 0.3) is 0 Å². The summed E-state index contributed by atoms with van der Waals surface area (Å²) in [7, 11) is 1.34. The van der Waals surface area contributed by atoms with Crippen LogP contribution in [0.2, 0.25) is 0 Å². The van der Waals surface area contributed by atoms with Crippen LogP contribution in [0.5, 0.6) is 0 Å². The Morgan fingerprint density at radius 1 is 1.17 bits per heavy atom. The van der Waals surface area contributed by atoms with Crippen molar-refractivity contribution in [2.24, 2.45) is 0 Å². The maximum absolute atomic E-state index is 11.8. The lowest BCUT2D eigenvalue weighted by Crippen LogP contribution is -2.47. The van der Waals surface area contributed by atoms with Crippen LogP contribution in [0.1, 0.15) is 34.6 Å². The summed E-state index contributed by atoms with van der Waals surface area (Å²) in [6.45, 7) is 2.19. The molecule has 154 valence electrons. The minimum atomic E-state index is -0.482. The number of carbonyl (C=O) groups excluding carboxylic acids is 1. The molecule has 2 aliphatic heterocycles. The van der Waals surface area contributed by atoms with Crippen molar-refractivity contribution in [1.82, 2.24) is 19.7 Å². The van der Waals surface area contributed by atoms with E-state index in [2.05, 4.69) is 33.2 Å². The van der Waals surface area contributed by atoms with Gasteiger partial charge in [-0.1, -0.05) is 18.2 Å². The predicted molar refractivity (Wildman–Crippen MR) is 110 cm³/mol. The zero-order chi connectivity index (χ0) is 20.6. The second-order valence-corrected chi connectivity index (χ2v) is 7.62. The quantitative estimate of drug-likeness (QED) is 0.619. The summed E-state index contributed by atoms with van der Waals surface area (Å²) in [5.41, 5.74) is 3.19. The summed E-state index contributed by atoms with van der Waals surface area (Å²) in [6, 6.07) is 10.2. The van der Waals surface area contributed by atoms with Gasteiger partial charge in [-0.15, -0.1) is 0 Å². The molecule has 0 bridgehead atoms. The van der Waals surface area contributed by atoms with Crippen LogP contribution in [-0.4, -0.2) is 52.5 Å². The predicted octanol–water partition coefficient (Wildman–Crippen LogP) is 2.52. The maximum Gasteiger partial charge on any atom is 0.358 e. The lowest BCUT2D eigenvalue weighted by molar-refractivity contribution is -0.0797. The second-order valence-electron chi connectivity index (χ2n) is 7.62. The van der Waals surface area contributed by atoms with Gasteiger partial charge in [-0.25, -0.2) is 14.5 Å². The Balaban J connectivity index is 1.38. The molecular formula is C22H23N5O3. The Hall–Kier alpha value is -3.26. The zero-order valence-electron chi connectivity index (χ0n) is 16.8. The summed E-state index contributed by atoms with van der Waals surface area (Å²) in [4.78, 5) is 22.5. The summed E-state index contributed by atoms with van der Waals surface area (Å²) in [5, 5.41) is 4.93. The van der Waals surface area contributed by atoms with Crippen LogP contribution >= 0.6 is 0 Å². The van der Waals surface area contributed by atoms with Crippen LogP contribution in [0.3, 0.4) is 0 Å². The zero-order valence-corrected chi connectivity index (χ0v) is 16.8. The Bertz CT molecular complexity index is 1060. The van der Waals surface area contributed by atoms with E-state index in [9.17, 15) is 4.79 Å². The number of hydrogen-bond acceptors (Lipinski definition) is 7. The van der Waals surface area contributed by atoms with E-state index in [1.165, 1.54) is 18.9 Å². The van der Waals surface area contributed by atoms with Crippen LogP contribution in [-0.2, 0) is 21.5 Å². The number of rotatable bonds is 3. The number of benzene rings is 1. The topological polar surface area (TPSA) is 82.4 Å². The lowest BCUT2D eigenvalue weighted by atomic mass is 9.84. The van der Waals surface area contributed by atoms with Gasteiger partial charge in [-0.3, -0.25) is 4.98 Å². The first-order valence-electron chi connectivity index (χ1n) is 10.1. The molecular weight excluding hydrogens is 382 g/mol. The Labute approximate surface area is 174 Å². The number of nitrogens with zero attached hydrogens (tertiary/aromatic N) is 5. The van der Waals surface area contributed by atoms with Crippen molar-refractivity contribution in [3.8, 4) is 5.69 Å². The highest BCUT2D eigenvalue weighted by Crippen LogP contribution is 2.41. The van der Waals surface area contributed by atoms with Gasteiger partial charge in [0, 0.05) is 19.3 Å². The average molecular weight is 405 g/mol. The van der Waals surface area contributed by atoms with E-state index in [0.717, 1.165) is 43.7 Å². The number of fused-ring (bicyclic) bond motifs is 2. The van der Waals surface area contributed by atoms with Gasteiger partial charge < -0.3 is 14.4 Å². The number of ether oxygens (including phenoxy) is 2. The van der Waals surface area contributed by atoms with Gasteiger partial charge >= 0.3 is 5.97 Å². The summed E-state index contributed by atoms with van der Waals surface area (Å²) < 4.78 is 13.0. The van der Waals surface area contributed by atoms with E-state index >= 15 is 0 Å². The Kier molecular flexibility index (Phi) is 4.71. The van der Waals surface area contributed by atoms with Crippen molar-refractivity contribution in [2.75, 3.05) is 31.7 Å². The fourth-order valence-corrected chi connectivity index (χ4v) is 4.30. The molecule has 1 saturated heterocycles. The molecule has 2 aromatic heterocycles. The number of methoxy groups -OCH3 is 1. The molecule has 0 N–H and O–H groups in total. The molecule has 4 heterocycles. The van der Waals surface area contributed by atoms with Gasteiger partial charge in [0.15, 0.2) is 5.69 Å². The van der Waals surface area contributed by atoms with Gasteiger partial charge in [0.2, 0.25) is 0 Å². The molecule has 5 rings (SSSR count). The van der Waals surface area contributed by atoms with Gasteiger partial charge in [0.1, 0.15) is 11.4 Å². The Morgan fingerprint density at radius 2 is 1.97 bits per heavy atom. The fraction of sp³-hybridized carbons (Fsp3) is 0.364. The summed E-state index contributed by atoms with van der Waals surface area (Å²) in [6.07, 6.45) is 7.72. The third kappa shape index (κ3) is 3.23. The van der Waals surface area contributed by atoms with E-state index in [0.29, 0.717) is 12.4 Å². The van der Waals surface area contributed by atoms with Gasteiger partial charge in [-0.05, 0) is 37.0 Å². The minimum Gasteiger partial charge on any atom is -0.464 e. The first-order chi connectivity index (χ1) is 14.7. The average Bonchev–Trinajstić information content (AvgIpc) is 3.26. The normalized spacial score (nSPS) is 17.6. The maximum atomic E-state index is 11.8. The molecule has 0 atom stereocenters. The van der Waals surface area contributed by atoms with Crippen molar-refractivity contribution < 1.29 is 14.3 Å². The van der Waals surface area contributed by atoms with Gasteiger partial charge in [0.05, 0.1) is 37.5 Å². The highest BCUT2D eigenvalue weighted by atomic mass is 16.5. The molecule has 0 radical (unpaired) electrons. The summed E-state index contributed by atoms with van der Waals surface area (Å²) in [5.74, 6) is 0.197. The first kappa shape index (κ1) is 18.7. The highest BCUT2D eigenvalue weighted by Gasteiger charge is 2.43. The largest absolute Gasteiger partial charge is 0.464 e. The van der Waals surface area contributed by atoms with Gasteiger partial charge in [-0.2, -0.15) is 5.10 Å². The van der Waals surface area contributed by atoms with E-state index < -0.39 is 5.97 Å². The smallest absolute Gasteiger partial charge is 0.358 e. The fourth-order valence-electron chi connectivity index (χ4n) is 4.30. The van der Waals surface area contributed by atoms with E-state index in [1.807, 2.05) is 22.9 Å². The van der Waals surface area contributed by atoms with Crippen LogP contribution in [0.4, 0.5) is 5.82 Å². The third-order valence-electron chi connectivity index (χ3n) is 5.90. The molecule has 1 aromatic carbocycles. The number of anilines is 1. The number of hydrogen-bond donors (Lipinski definition) is 0. The SMILES string of the molecule is COC(=O)c1cncc(N2CCC3(CC2)OCCc2cn(-c4ccccc4)nc23)n1. The number of carbonyl (C=O) groups is 1. The molecule has 1 fully saturated rings. The number of esters is 1. The van der Waals surface area contributed by atoms with Crippen molar-refractivity contribution >= 4 is 11.8 Å². The van der Waals surface area contributed by atoms with E-state index in [1.54, 1.807) is 6.20 Å². The highest BCUT2D eigenvalue weighted by molar-refractivity contribution is 5.87. The Morgan fingerprint density at radius 3 is 2.73 bits per heavy atom. The lowest BCUT2D eigenvalue weighted by Gasteiger charge is -2.43. The summed E-state index contributed by atoms with van der Waals surface area (Å²) >= 11 is 0. The second kappa shape index (κ2) is 7.53. The third-order valence-corrected chi connectivity index (χ3v) is 5.90. The molecule has 8 heteroatoms. The van der Waals surface area contributed by atoms with Crippen LogP contribution in [0.25, 0.3) is 5.69 Å². The molecule has 0 unspecified atom stereocenters. The molecule has 8 nitrogen and oxygen atoms in total. The minimum absolute atomic E-state index is 0.216. The van der Waals surface area contributed by atoms with E-state index in [4.69, 9.17) is 14.6 Å². The molecule has 1 spiro atoms. The number of piperidine rings is 1.